The van der Waals surface area contributed by atoms with E-state index >= 15 is 0 Å². The summed E-state index contributed by atoms with van der Waals surface area (Å²) < 4.78 is 2.25. The molecule has 2 aromatic rings. The Morgan fingerprint density at radius 2 is 2.00 bits per heavy atom. The monoisotopic (exact) mass is 430 g/mol. The van der Waals surface area contributed by atoms with Crippen LogP contribution in [-0.2, 0) is 6.54 Å². The van der Waals surface area contributed by atoms with E-state index in [0.717, 1.165) is 13.1 Å². The average Bonchev–Trinajstić information content (AvgIpc) is 2.57. The molecule has 1 aliphatic heterocycles. The van der Waals surface area contributed by atoms with Crippen LogP contribution in [0.2, 0.25) is 0 Å². The molecule has 0 radical (unpaired) electrons. The summed E-state index contributed by atoms with van der Waals surface area (Å²) >= 11 is 0. The minimum absolute atomic E-state index is 0. The highest BCUT2D eigenvalue weighted by atomic mass is 127. The van der Waals surface area contributed by atoms with Crippen LogP contribution in [0.1, 0.15) is 23.7 Å². The van der Waals surface area contributed by atoms with Gasteiger partial charge in [0.1, 0.15) is 6.54 Å². The van der Waals surface area contributed by atoms with Gasteiger partial charge in [-0.2, -0.15) is 4.57 Å². The molecule has 0 spiro atoms. The maximum absolute atomic E-state index is 3.92. The van der Waals surface area contributed by atoms with Gasteiger partial charge in [0.25, 0.3) is 0 Å². The molecule has 0 fully saturated rings. The van der Waals surface area contributed by atoms with Crippen LogP contribution in [0.15, 0.2) is 67.0 Å². The fourth-order valence-electron chi connectivity index (χ4n) is 2.98. The van der Waals surface area contributed by atoms with Gasteiger partial charge >= 0.3 is 0 Å². The average molecular weight is 430 g/mol. The number of aromatic nitrogens is 1. The third-order valence-electron chi connectivity index (χ3n) is 4.14. The van der Waals surface area contributed by atoms with Gasteiger partial charge in [0.15, 0.2) is 6.20 Å². The maximum atomic E-state index is 3.92. The topological polar surface area (TPSA) is 7.12 Å². The first kappa shape index (κ1) is 18.5. The number of halogens is 1. The molecule has 0 atom stereocenters. The van der Waals surface area contributed by atoms with Crippen molar-refractivity contribution in [3.8, 4) is 0 Å². The molecule has 0 bridgehead atoms. The molecule has 1 aliphatic rings. The quantitative estimate of drug-likeness (QED) is 0.404. The summed E-state index contributed by atoms with van der Waals surface area (Å²) in [6, 6.07) is 12.9. The molecule has 1 aromatic heterocycles. The number of rotatable bonds is 4. The Bertz CT molecular complexity index is 790. The van der Waals surface area contributed by atoms with Crippen LogP contribution in [0.25, 0.3) is 12.2 Å². The minimum atomic E-state index is 0. The first-order valence-electron chi connectivity index (χ1n) is 8.10. The number of benzene rings is 1. The molecule has 0 N–H and O–H groups in total. The minimum Gasteiger partial charge on any atom is -1.00 e. The number of anilines is 1. The summed E-state index contributed by atoms with van der Waals surface area (Å²) in [6.07, 6.45) is 10.7. The molecule has 2 heterocycles. The SMILES string of the molecule is C=CCN1/C(=C/c2cccc[n+]2CC)C=Cc2cc(C)ccc21.[I-]. The number of hydrogen-bond acceptors (Lipinski definition) is 1. The normalized spacial score (nSPS) is 14.2. The van der Waals surface area contributed by atoms with Crippen LogP contribution in [-0.4, -0.2) is 6.54 Å². The van der Waals surface area contributed by atoms with Crippen LogP contribution in [0, 0.1) is 6.92 Å². The van der Waals surface area contributed by atoms with Crippen molar-refractivity contribution < 1.29 is 28.5 Å². The van der Waals surface area contributed by atoms with Crippen molar-refractivity contribution in [2.45, 2.75) is 20.4 Å². The van der Waals surface area contributed by atoms with E-state index in [2.05, 4.69) is 90.7 Å². The summed E-state index contributed by atoms with van der Waals surface area (Å²) in [6.45, 7) is 9.97. The van der Waals surface area contributed by atoms with Gasteiger partial charge in [0, 0.05) is 36.1 Å². The van der Waals surface area contributed by atoms with E-state index in [0.29, 0.717) is 0 Å². The van der Waals surface area contributed by atoms with Crippen molar-refractivity contribution in [3.05, 3.63) is 83.8 Å². The van der Waals surface area contributed by atoms with Crippen LogP contribution in [0.3, 0.4) is 0 Å². The van der Waals surface area contributed by atoms with Crippen LogP contribution in [0.4, 0.5) is 5.69 Å². The number of pyridine rings is 1. The highest BCUT2D eigenvalue weighted by molar-refractivity contribution is 5.80. The van der Waals surface area contributed by atoms with Crippen molar-refractivity contribution in [3.63, 3.8) is 0 Å². The summed E-state index contributed by atoms with van der Waals surface area (Å²) in [7, 11) is 0. The third-order valence-corrected chi connectivity index (χ3v) is 4.14. The second-order valence-electron chi connectivity index (χ2n) is 5.78. The van der Waals surface area contributed by atoms with E-state index in [4.69, 9.17) is 0 Å². The zero-order valence-electron chi connectivity index (χ0n) is 14.2. The molecule has 1 aromatic carbocycles. The molecule has 24 heavy (non-hydrogen) atoms. The van der Waals surface area contributed by atoms with Crippen molar-refractivity contribution in [1.29, 1.82) is 0 Å². The number of nitrogens with zero attached hydrogens (tertiary/aromatic N) is 2. The van der Waals surface area contributed by atoms with Crippen molar-refractivity contribution in [2.75, 3.05) is 11.4 Å². The Morgan fingerprint density at radius 1 is 1.17 bits per heavy atom. The zero-order chi connectivity index (χ0) is 16.2. The molecule has 0 saturated carbocycles. The highest BCUT2D eigenvalue weighted by Crippen LogP contribution is 2.32. The Kier molecular flexibility index (Phi) is 6.37. The fourth-order valence-corrected chi connectivity index (χ4v) is 2.98. The molecule has 0 saturated heterocycles. The second kappa shape index (κ2) is 8.29. The Morgan fingerprint density at radius 3 is 2.75 bits per heavy atom. The molecular formula is C21H23IN2. The smallest absolute Gasteiger partial charge is 0.207 e. The number of hydrogen-bond donors (Lipinski definition) is 0. The maximum Gasteiger partial charge on any atom is 0.207 e. The number of allylic oxidation sites excluding steroid dienone is 1. The lowest BCUT2D eigenvalue weighted by molar-refractivity contribution is -0.695. The lowest BCUT2D eigenvalue weighted by atomic mass is 10.0. The predicted molar refractivity (Wildman–Crippen MR) is 98.0 cm³/mol. The Hall–Kier alpha value is -1.88. The largest absolute Gasteiger partial charge is 1.00 e. The van der Waals surface area contributed by atoms with Gasteiger partial charge in [-0.05, 0) is 43.7 Å². The first-order chi connectivity index (χ1) is 11.2. The van der Waals surface area contributed by atoms with Gasteiger partial charge in [-0.1, -0.05) is 23.8 Å². The molecule has 3 rings (SSSR count). The standard InChI is InChI=1S/C21H23N2.HI/c1-4-13-23-20(16-19-8-6-7-14-22(19)5-2)11-10-18-15-17(3)9-12-21(18)23;/h4,6-12,14-16H,1,5,13H2,2-3H3;1H/q+1;/p-1. The summed E-state index contributed by atoms with van der Waals surface area (Å²) in [5, 5.41) is 0. The zero-order valence-corrected chi connectivity index (χ0v) is 16.4. The Labute approximate surface area is 161 Å². The van der Waals surface area contributed by atoms with Gasteiger partial charge < -0.3 is 28.9 Å². The molecule has 124 valence electrons. The van der Waals surface area contributed by atoms with Gasteiger partial charge in [0.05, 0.1) is 0 Å². The second-order valence-corrected chi connectivity index (χ2v) is 5.78. The molecule has 3 heteroatoms. The third kappa shape index (κ3) is 3.78. The van der Waals surface area contributed by atoms with Gasteiger partial charge in [0.2, 0.25) is 5.69 Å². The lowest BCUT2D eigenvalue weighted by Crippen LogP contribution is -3.00. The van der Waals surface area contributed by atoms with Gasteiger partial charge in [-0.3, -0.25) is 0 Å². The molecule has 0 unspecified atom stereocenters. The van der Waals surface area contributed by atoms with E-state index < -0.39 is 0 Å². The summed E-state index contributed by atoms with van der Waals surface area (Å²) in [5.41, 5.74) is 6.18. The number of aryl methyl sites for hydroxylation is 2. The molecule has 2 nitrogen and oxygen atoms in total. The van der Waals surface area contributed by atoms with Crippen molar-refractivity contribution >= 4 is 17.8 Å². The van der Waals surface area contributed by atoms with Crippen LogP contribution in [0.5, 0.6) is 0 Å². The van der Waals surface area contributed by atoms with Gasteiger partial charge in [-0.25, -0.2) is 0 Å². The van der Waals surface area contributed by atoms with Crippen LogP contribution >= 0.6 is 0 Å². The van der Waals surface area contributed by atoms with E-state index in [9.17, 15) is 0 Å². The van der Waals surface area contributed by atoms with Crippen molar-refractivity contribution in [2.24, 2.45) is 0 Å². The highest BCUT2D eigenvalue weighted by Gasteiger charge is 2.18. The van der Waals surface area contributed by atoms with E-state index in [-0.39, 0.29) is 24.0 Å². The first-order valence-corrected chi connectivity index (χ1v) is 8.10. The Balaban J connectivity index is 0.00000208. The van der Waals surface area contributed by atoms with E-state index in [1.165, 1.54) is 28.2 Å². The molecular weight excluding hydrogens is 407 g/mol. The van der Waals surface area contributed by atoms with Crippen molar-refractivity contribution in [1.82, 2.24) is 0 Å². The van der Waals surface area contributed by atoms with Gasteiger partial charge in [-0.15, -0.1) is 6.58 Å². The predicted octanol–water partition coefficient (Wildman–Crippen LogP) is 1.37. The van der Waals surface area contributed by atoms with E-state index in [1.807, 2.05) is 6.08 Å². The summed E-state index contributed by atoms with van der Waals surface area (Å²) in [5.74, 6) is 0. The lowest BCUT2D eigenvalue weighted by Gasteiger charge is -2.29. The fraction of sp³-hybridized carbons (Fsp3) is 0.190. The van der Waals surface area contributed by atoms with E-state index in [1.54, 1.807) is 0 Å². The van der Waals surface area contributed by atoms with Crippen LogP contribution < -0.4 is 33.4 Å². The molecule has 0 aliphatic carbocycles. The molecule has 0 amide bonds. The summed E-state index contributed by atoms with van der Waals surface area (Å²) in [4.78, 5) is 2.31. The number of fused-ring (bicyclic) bond motifs is 1.